The normalized spacial score (nSPS) is 17.5. The lowest BCUT2D eigenvalue weighted by Crippen LogP contribution is -2.46. The fourth-order valence-electron chi connectivity index (χ4n) is 4.88. The second-order valence-corrected chi connectivity index (χ2v) is 10.6. The SMILES string of the molecule is CCn1nc(C)c([C@H](C)NC(=O)C2(c3ccc(S(C)(=O)=O)cc3)CCCCC2)c1C. The van der Waals surface area contributed by atoms with Gasteiger partial charge in [0.15, 0.2) is 9.84 Å². The first kappa shape index (κ1) is 22.5. The van der Waals surface area contributed by atoms with E-state index < -0.39 is 15.3 Å². The minimum absolute atomic E-state index is 0.0184. The van der Waals surface area contributed by atoms with Crippen molar-refractivity contribution in [3.05, 3.63) is 46.8 Å². The first-order valence-corrected chi connectivity index (χ1v) is 12.6. The highest BCUT2D eigenvalue weighted by molar-refractivity contribution is 7.90. The molecule has 1 aromatic carbocycles. The smallest absolute Gasteiger partial charge is 0.231 e. The van der Waals surface area contributed by atoms with Gasteiger partial charge in [-0.25, -0.2) is 8.42 Å². The molecule has 1 saturated carbocycles. The molecule has 0 bridgehead atoms. The molecular formula is C23H33N3O3S. The Kier molecular flexibility index (Phi) is 6.41. The van der Waals surface area contributed by atoms with Gasteiger partial charge < -0.3 is 5.32 Å². The number of aryl methyl sites for hydroxylation is 2. The minimum Gasteiger partial charge on any atom is -0.349 e. The number of nitrogens with zero attached hydrogens (tertiary/aromatic N) is 2. The van der Waals surface area contributed by atoms with Crippen LogP contribution < -0.4 is 5.32 Å². The highest BCUT2D eigenvalue weighted by Crippen LogP contribution is 2.40. The summed E-state index contributed by atoms with van der Waals surface area (Å²) in [6.07, 6.45) is 5.84. The molecule has 7 heteroatoms. The van der Waals surface area contributed by atoms with Crippen LogP contribution >= 0.6 is 0 Å². The molecule has 30 heavy (non-hydrogen) atoms. The van der Waals surface area contributed by atoms with Crippen molar-refractivity contribution in [2.24, 2.45) is 0 Å². The second-order valence-electron chi connectivity index (χ2n) is 8.53. The van der Waals surface area contributed by atoms with Gasteiger partial charge >= 0.3 is 0 Å². The number of aromatic nitrogens is 2. The summed E-state index contributed by atoms with van der Waals surface area (Å²) in [4.78, 5) is 13.9. The Bertz CT molecular complexity index is 1020. The first-order chi connectivity index (χ1) is 14.1. The molecule has 0 spiro atoms. The largest absolute Gasteiger partial charge is 0.349 e. The van der Waals surface area contributed by atoms with Crippen molar-refractivity contribution in [3.63, 3.8) is 0 Å². The van der Waals surface area contributed by atoms with Crippen molar-refractivity contribution in [1.29, 1.82) is 0 Å². The molecule has 1 fully saturated rings. The van der Waals surface area contributed by atoms with E-state index in [9.17, 15) is 13.2 Å². The summed E-state index contributed by atoms with van der Waals surface area (Å²) in [6.45, 7) is 8.89. The fourth-order valence-corrected chi connectivity index (χ4v) is 5.51. The van der Waals surface area contributed by atoms with E-state index in [0.717, 1.165) is 61.2 Å². The maximum atomic E-state index is 13.6. The number of amides is 1. The summed E-state index contributed by atoms with van der Waals surface area (Å²) in [7, 11) is -3.26. The molecule has 0 saturated heterocycles. The predicted octanol–water partition coefficient (Wildman–Crippen LogP) is 4.00. The molecule has 1 amide bonds. The van der Waals surface area contributed by atoms with Crippen molar-refractivity contribution >= 4 is 15.7 Å². The van der Waals surface area contributed by atoms with E-state index in [1.54, 1.807) is 12.1 Å². The zero-order chi connectivity index (χ0) is 22.1. The molecule has 2 aromatic rings. The van der Waals surface area contributed by atoms with Crippen LogP contribution in [-0.4, -0.2) is 30.4 Å². The lowest BCUT2D eigenvalue weighted by molar-refractivity contribution is -0.128. The molecule has 0 unspecified atom stereocenters. The van der Waals surface area contributed by atoms with Crippen molar-refractivity contribution < 1.29 is 13.2 Å². The van der Waals surface area contributed by atoms with Crippen LogP contribution in [0.4, 0.5) is 0 Å². The maximum Gasteiger partial charge on any atom is 0.231 e. The zero-order valence-electron chi connectivity index (χ0n) is 18.7. The molecule has 164 valence electrons. The molecule has 0 radical (unpaired) electrons. The average Bonchev–Trinajstić information content (AvgIpc) is 3.01. The van der Waals surface area contributed by atoms with E-state index in [4.69, 9.17) is 0 Å². The Morgan fingerprint density at radius 2 is 1.77 bits per heavy atom. The third-order valence-electron chi connectivity index (χ3n) is 6.49. The Morgan fingerprint density at radius 3 is 2.27 bits per heavy atom. The van der Waals surface area contributed by atoms with E-state index >= 15 is 0 Å². The number of hydrogen-bond donors (Lipinski definition) is 1. The topological polar surface area (TPSA) is 81.1 Å². The number of benzene rings is 1. The van der Waals surface area contributed by atoms with Crippen molar-refractivity contribution in [2.75, 3.05) is 6.26 Å². The van der Waals surface area contributed by atoms with Crippen molar-refractivity contribution in [3.8, 4) is 0 Å². The third-order valence-corrected chi connectivity index (χ3v) is 7.62. The zero-order valence-corrected chi connectivity index (χ0v) is 19.5. The van der Waals surface area contributed by atoms with Gasteiger partial charge in [-0.05, 0) is 58.2 Å². The number of rotatable bonds is 6. The van der Waals surface area contributed by atoms with Gasteiger partial charge in [-0.1, -0.05) is 31.4 Å². The summed E-state index contributed by atoms with van der Waals surface area (Å²) in [6, 6.07) is 6.73. The van der Waals surface area contributed by atoms with Crippen LogP contribution in [0.25, 0.3) is 0 Å². The second kappa shape index (κ2) is 8.53. The molecule has 0 aliphatic heterocycles. The molecular weight excluding hydrogens is 398 g/mol. The van der Waals surface area contributed by atoms with Gasteiger partial charge in [0, 0.05) is 24.1 Å². The minimum atomic E-state index is -3.26. The van der Waals surface area contributed by atoms with Gasteiger partial charge in [0.2, 0.25) is 5.91 Å². The summed E-state index contributed by atoms with van der Waals surface area (Å²) in [5.41, 5.74) is 3.38. The van der Waals surface area contributed by atoms with Crippen molar-refractivity contribution in [1.82, 2.24) is 15.1 Å². The number of carbonyl (C=O) groups excluding carboxylic acids is 1. The van der Waals surface area contributed by atoms with Gasteiger partial charge in [0.05, 0.1) is 22.0 Å². The summed E-state index contributed by atoms with van der Waals surface area (Å²) < 4.78 is 25.6. The van der Waals surface area contributed by atoms with Crippen LogP contribution in [0, 0.1) is 13.8 Å². The third kappa shape index (κ3) is 4.17. The molecule has 1 atom stereocenters. The molecule has 1 heterocycles. The van der Waals surface area contributed by atoms with E-state index in [1.165, 1.54) is 6.26 Å². The average molecular weight is 432 g/mol. The highest BCUT2D eigenvalue weighted by atomic mass is 32.2. The summed E-state index contributed by atoms with van der Waals surface area (Å²) in [5.74, 6) is 0.0184. The summed E-state index contributed by atoms with van der Waals surface area (Å²) >= 11 is 0. The van der Waals surface area contributed by atoms with Crippen LogP contribution in [0.5, 0.6) is 0 Å². The lowest BCUT2D eigenvalue weighted by atomic mass is 9.68. The maximum absolute atomic E-state index is 13.6. The number of hydrogen-bond acceptors (Lipinski definition) is 4. The van der Waals surface area contributed by atoms with Gasteiger partial charge in [-0.15, -0.1) is 0 Å². The van der Waals surface area contributed by atoms with Crippen LogP contribution in [-0.2, 0) is 26.6 Å². The van der Waals surface area contributed by atoms with Crippen LogP contribution in [0.15, 0.2) is 29.2 Å². The first-order valence-electron chi connectivity index (χ1n) is 10.8. The van der Waals surface area contributed by atoms with E-state index in [0.29, 0.717) is 0 Å². The number of nitrogens with one attached hydrogen (secondary N) is 1. The molecule has 6 nitrogen and oxygen atoms in total. The Hall–Kier alpha value is -2.15. The highest BCUT2D eigenvalue weighted by Gasteiger charge is 2.42. The molecule has 1 aromatic heterocycles. The van der Waals surface area contributed by atoms with Gasteiger partial charge in [0.25, 0.3) is 0 Å². The van der Waals surface area contributed by atoms with Gasteiger partial charge in [-0.3, -0.25) is 9.48 Å². The predicted molar refractivity (Wildman–Crippen MR) is 118 cm³/mol. The Labute approximate surface area is 180 Å². The van der Waals surface area contributed by atoms with E-state index in [1.807, 2.05) is 37.6 Å². The van der Waals surface area contributed by atoms with E-state index in [2.05, 4.69) is 17.3 Å². The van der Waals surface area contributed by atoms with Gasteiger partial charge in [-0.2, -0.15) is 5.10 Å². The van der Waals surface area contributed by atoms with E-state index in [-0.39, 0.29) is 16.8 Å². The number of carbonyl (C=O) groups is 1. The molecule has 1 aliphatic carbocycles. The lowest BCUT2D eigenvalue weighted by Gasteiger charge is -2.37. The number of sulfone groups is 1. The van der Waals surface area contributed by atoms with Crippen molar-refractivity contribution in [2.45, 2.75) is 82.7 Å². The van der Waals surface area contributed by atoms with Crippen LogP contribution in [0.1, 0.15) is 74.5 Å². The Balaban J connectivity index is 1.92. The van der Waals surface area contributed by atoms with Crippen LogP contribution in [0.2, 0.25) is 0 Å². The molecule has 1 N–H and O–H groups in total. The monoisotopic (exact) mass is 431 g/mol. The van der Waals surface area contributed by atoms with Gasteiger partial charge in [0.1, 0.15) is 0 Å². The fraction of sp³-hybridized carbons (Fsp3) is 0.565. The standard InChI is InChI=1S/C23H33N3O3S/c1-6-26-18(4)21(17(3)25-26)16(2)24-22(27)23(14-8-7-9-15-23)19-10-12-20(13-11-19)30(5,28)29/h10-13,16H,6-9,14-15H2,1-5H3,(H,24,27)/t16-/m0/s1. The van der Waals surface area contributed by atoms with Crippen LogP contribution in [0.3, 0.4) is 0 Å². The summed E-state index contributed by atoms with van der Waals surface area (Å²) in [5, 5.41) is 7.84. The Morgan fingerprint density at radius 1 is 1.17 bits per heavy atom. The molecule has 1 aliphatic rings. The quantitative estimate of drug-likeness (QED) is 0.749. The molecule has 3 rings (SSSR count).